The molecule has 0 unspecified atom stereocenters. The summed E-state index contributed by atoms with van der Waals surface area (Å²) in [4.78, 5) is 20.6. The van der Waals surface area contributed by atoms with Crippen LogP contribution in [0.1, 0.15) is 30.3 Å². The first-order valence-electron chi connectivity index (χ1n) is 13.7. The van der Waals surface area contributed by atoms with Crippen LogP contribution in [-0.2, 0) is 26.2 Å². The number of ether oxygens (including phenoxy) is 1. The summed E-state index contributed by atoms with van der Waals surface area (Å²) < 4.78 is 48.8. The third-order valence-corrected chi connectivity index (χ3v) is 7.46. The van der Waals surface area contributed by atoms with E-state index in [4.69, 9.17) is 14.8 Å². The number of aryl methyl sites for hydroxylation is 2. The molecule has 2 aromatic heterocycles. The van der Waals surface area contributed by atoms with E-state index < -0.39 is 17.9 Å². The van der Waals surface area contributed by atoms with Gasteiger partial charge in [-0.3, -0.25) is 0 Å². The van der Waals surface area contributed by atoms with Crippen LogP contribution in [0.3, 0.4) is 0 Å². The van der Waals surface area contributed by atoms with Crippen molar-refractivity contribution in [3.05, 3.63) is 102 Å². The number of hydrogen-bond donors (Lipinski definition) is 1. The second-order valence-electron chi connectivity index (χ2n) is 10.3. The van der Waals surface area contributed by atoms with Crippen molar-refractivity contribution in [3.63, 3.8) is 0 Å². The molecule has 0 atom stereocenters. The van der Waals surface area contributed by atoms with Gasteiger partial charge in [0.1, 0.15) is 17.4 Å². The number of carbonyl (C=O) groups is 1. The van der Waals surface area contributed by atoms with Gasteiger partial charge in [0, 0.05) is 31.1 Å². The van der Waals surface area contributed by atoms with Crippen molar-refractivity contribution in [2.24, 2.45) is 7.05 Å². The third-order valence-electron chi connectivity index (χ3n) is 7.46. The highest BCUT2D eigenvalue weighted by molar-refractivity contribution is 5.86. The Morgan fingerprint density at radius 3 is 2.35 bits per heavy atom. The fourth-order valence-corrected chi connectivity index (χ4v) is 5.40. The number of imidazole rings is 2. The molecule has 0 aliphatic carbocycles. The van der Waals surface area contributed by atoms with Gasteiger partial charge >= 0.3 is 12.3 Å². The first kappa shape index (κ1) is 28.0. The largest absolute Gasteiger partial charge is 0.511 e. The number of rotatable bonds is 7. The van der Waals surface area contributed by atoms with Gasteiger partial charge in [-0.1, -0.05) is 49.4 Å². The van der Waals surface area contributed by atoms with E-state index in [1.807, 2.05) is 54.6 Å². The number of alkyl halides is 3. The highest BCUT2D eigenvalue weighted by atomic mass is 19.4. The zero-order chi connectivity index (χ0) is 30.3. The SMILES string of the molecule is CCCc1nc2ccc(-c3nc4cc(C(F)(F)F)ccc4n3C)cc2n1Cc1ccc(-c2ccccc2OC(=O)O)cc1. The molecule has 6 rings (SSSR count). The van der Waals surface area contributed by atoms with Crippen molar-refractivity contribution in [1.29, 1.82) is 0 Å². The molecule has 218 valence electrons. The van der Waals surface area contributed by atoms with Crippen molar-refractivity contribution in [3.8, 4) is 28.3 Å². The van der Waals surface area contributed by atoms with Crippen molar-refractivity contribution < 1.29 is 27.8 Å². The van der Waals surface area contributed by atoms with Crippen LogP contribution in [0, 0.1) is 0 Å². The molecule has 0 saturated carbocycles. The topological polar surface area (TPSA) is 82.2 Å². The summed E-state index contributed by atoms with van der Waals surface area (Å²) in [6, 6.07) is 24.2. The van der Waals surface area contributed by atoms with Gasteiger partial charge in [0.2, 0.25) is 0 Å². The maximum atomic E-state index is 13.3. The van der Waals surface area contributed by atoms with Gasteiger partial charge in [-0.05, 0) is 60.0 Å². The number of halogens is 3. The summed E-state index contributed by atoms with van der Waals surface area (Å²) in [5, 5.41) is 9.09. The van der Waals surface area contributed by atoms with E-state index in [9.17, 15) is 18.0 Å². The molecule has 0 bridgehead atoms. The molecule has 1 N–H and O–H groups in total. The summed E-state index contributed by atoms with van der Waals surface area (Å²) >= 11 is 0. The van der Waals surface area contributed by atoms with Crippen LogP contribution in [0.15, 0.2) is 84.9 Å². The summed E-state index contributed by atoms with van der Waals surface area (Å²) in [5.41, 5.74) is 5.16. The molecule has 0 aliphatic heterocycles. The van der Waals surface area contributed by atoms with Crippen LogP contribution in [0.4, 0.5) is 18.0 Å². The smallest absolute Gasteiger partial charge is 0.449 e. The van der Waals surface area contributed by atoms with E-state index in [0.29, 0.717) is 23.4 Å². The van der Waals surface area contributed by atoms with Crippen LogP contribution < -0.4 is 4.74 Å². The minimum Gasteiger partial charge on any atom is -0.449 e. The molecule has 4 aromatic carbocycles. The molecule has 0 amide bonds. The highest BCUT2D eigenvalue weighted by Gasteiger charge is 2.31. The quantitative estimate of drug-likeness (QED) is 0.151. The molecular formula is C33H27F3N4O3. The van der Waals surface area contributed by atoms with Gasteiger partial charge in [-0.25, -0.2) is 14.8 Å². The lowest BCUT2D eigenvalue weighted by molar-refractivity contribution is -0.137. The molecule has 0 spiro atoms. The van der Waals surface area contributed by atoms with E-state index in [2.05, 4.69) is 16.5 Å². The van der Waals surface area contributed by atoms with Gasteiger partial charge in [-0.2, -0.15) is 13.2 Å². The predicted molar refractivity (Wildman–Crippen MR) is 158 cm³/mol. The Balaban J connectivity index is 1.37. The van der Waals surface area contributed by atoms with Gasteiger partial charge in [-0.15, -0.1) is 0 Å². The fraction of sp³-hybridized carbons (Fsp3) is 0.182. The third kappa shape index (κ3) is 5.43. The summed E-state index contributed by atoms with van der Waals surface area (Å²) in [6.07, 6.45) is -4.14. The first-order valence-corrected chi connectivity index (χ1v) is 13.7. The minimum atomic E-state index is -4.44. The van der Waals surface area contributed by atoms with Crippen LogP contribution >= 0.6 is 0 Å². The second kappa shape index (κ2) is 10.9. The van der Waals surface area contributed by atoms with E-state index in [-0.39, 0.29) is 11.3 Å². The van der Waals surface area contributed by atoms with E-state index in [1.165, 1.54) is 6.07 Å². The fourth-order valence-electron chi connectivity index (χ4n) is 5.40. The van der Waals surface area contributed by atoms with Crippen LogP contribution in [-0.4, -0.2) is 30.4 Å². The molecule has 43 heavy (non-hydrogen) atoms. The molecule has 0 aliphatic rings. The lowest BCUT2D eigenvalue weighted by Crippen LogP contribution is -2.05. The van der Waals surface area contributed by atoms with E-state index in [0.717, 1.165) is 58.5 Å². The van der Waals surface area contributed by atoms with Crippen molar-refractivity contribution in [1.82, 2.24) is 19.1 Å². The minimum absolute atomic E-state index is 0.262. The Morgan fingerprint density at radius 2 is 1.63 bits per heavy atom. The number of benzene rings is 4. The zero-order valence-corrected chi connectivity index (χ0v) is 23.4. The second-order valence-corrected chi connectivity index (χ2v) is 10.3. The highest BCUT2D eigenvalue weighted by Crippen LogP contribution is 2.34. The standard InChI is InChI=1S/C33H27F3N4O3/c1-3-6-30-37-25-15-13-22(31-38-26-18-23(33(34,35)36)14-16-27(26)39(31)2)17-28(25)40(30)19-20-9-11-21(12-10-20)24-7-4-5-8-29(24)43-32(41)42/h4-5,7-18H,3,6,19H2,1-2H3,(H,41,42). The first-order chi connectivity index (χ1) is 20.6. The molecule has 0 radical (unpaired) electrons. The number of aromatic nitrogens is 4. The Labute approximate surface area is 244 Å². The lowest BCUT2D eigenvalue weighted by atomic mass is 10.0. The average molecular weight is 585 g/mol. The van der Waals surface area contributed by atoms with Crippen LogP contribution in [0.25, 0.3) is 44.6 Å². The van der Waals surface area contributed by atoms with Gasteiger partial charge < -0.3 is 19.0 Å². The number of nitrogens with zero attached hydrogens (tertiary/aromatic N) is 4. The number of para-hydroxylation sites is 1. The van der Waals surface area contributed by atoms with E-state index >= 15 is 0 Å². The van der Waals surface area contributed by atoms with E-state index in [1.54, 1.807) is 23.7 Å². The van der Waals surface area contributed by atoms with Crippen molar-refractivity contribution >= 4 is 28.2 Å². The predicted octanol–water partition coefficient (Wildman–Crippen LogP) is 8.33. The monoisotopic (exact) mass is 584 g/mol. The Hall–Kier alpha value is -5.12. The zero-order valence-electron chi connectivity index (χ0n) is 23.4. The Morgan fingerprint density at radius 1 is 0.884 bits per heavy atom. The van der Waals surface area contributed by atoms with Crippen LogP contribution in [0.5, 0.6) is 5.75 Å². The molecule has 0 saturated heterocycles. The van der Waals surface area contributed by atoms with Crippen LogP contribution in [0.2, 0.25) is 0 Å². The molecule has 0 fully saturated rings. The maximum Gasteiger partial charge on any atom is 0.511 e. The van der Waals surface area contributed by atoms with Crippen molar-refractivity contribution in [2.75, 3.05) is 0 Å². The summed E-state index contributed by atoms with van der Waals surface area (Å²) in [5.74, 6) is 1.75. The average Bonchev–Trinajstić information content (AvgIpc) is 3.49. The summed E-state index contributed by atoms with van der Waals surface area (Å²) in [6.45, 7) is 2.63. The number of hydrogen-bond acceptors (Lipinski definition) is 4. The Kier molecular flexibility index (Phi) is 7.13. The van der Waals surface area contributed by atoms with Gasteiger partial charge in [0.25, 0.3) is 0 Å². The summed E-state index contributed by atoms with van der Waals surface area (Å²) in [7, 11) is 1.79. The van der Waals surface area contributed by atoms with Gasteiger partial charge in [0.05, 0.1) is 27.6 Å². The maximum absolute atomic E-state index is 13.3. The molecular weight excluding hydrogens is 557 g/mol. The number of carboxylic acid groups (broad SMARTS) is 1. The van der Waals surface area contributed by atoms with Crippen molar-refractivity contribution in [2.45, 2.75) is 32.5 Å². The molecule has 2 heterocycles. The normalized spacial score (nSPS) is 11.8. The van der Waals surface area contributed by atoms with Gasteiger partial charge in [0.15, 0.2) is 0 Å². The molecule has 7 nitrogen and oxygen atoms in total. The lowest BCUT2D eigenvalue weighted by Gasteiger charge is -2.12. The molecule has 10 heteroatoms. The Bertz CT molecular complexity index is 1970. The number of fused-ring (bicyclic) bond motifs is 2. The molecule has 6 aromatic rings.